The number of rotatable bonds is 9. The molecule has 0 saturated carbocycles. The second kappa shape index (κ2) is 9.91. The molecule has 1 aliphatic rings. The number of carboxylic acids is 1. The molecule has 2 aromatic rings. The molecule has 30 heavy (non-hydrogen) atoms. The number of amidine groups is 1. The molecule has 0 atom stereocenters. The quantitative estimate of drug-likeness (QED) is 0.231. The third-order valence-electron chi connectivity index (χ3n) is 4.39. The summed E-state index contributed by atoms with van der Waals surface area (Å²) in [5, 5.41) is 25.9. The van der Waals surface area contributed by atoms with Gasteiger partial charge >= 0.3 is 5.97 Å². The Labute approximate surface area is 172 Å². The standard InChI is InChI=1S/C17H18F3N5O4S/c18-12-2-1-10(6-11(12)15(19)20)21-16(22-28)14-17(24-29-23-14)30-4-3-25-7-9(8-25)5-13(26)27/h1-2,6,9,15,28H,3-5,7-8H2,(H,21,22)(H,26,27). The van der Waals surface area contributed by atoms with E-state index in [0.29, 0.717) is 30.4 Å². The molecule has 0 aliphatic carbocycles. The predicted molar refractivity (Wildman–Crippen MR) is 99.7 cm³/mol. The van der Waals surface area contributed by atoms with Gasteiger partial charge in [0.05, 0.1) is 17.7 Å². The molecule has 1 aliphatic heterocycles. The number of carbonyl (C=O) groups is 1. The van der Waals surface area contributed by atoms with E-state index >= 15 is 0 Å². The molecular formula is C17H18F3N5O4S. The second-order valence-corrected chi connectivity index (χ2v) is 7.65. The number of carboxylic acid groups (broad SMARTS) is 1. The van der Waals surface area contributed by atoms with E-state index in [1.54, 1.807) is 0 Å². The SMILES string of the molecule is O=C(O)CC1CN(CCSc2nonc2C(=Nc2ccc(F)c(C(F)F)c2)NO)C1. The van der Waals surface area contributed by atoms with Crippen molar-refractivity contribution in [2.75, 3.05) is 25.4 Å². The van der Waals surface area contributed by atoms with Crippen LogP contribution in [0.3, 0.4) is 0 Å². The third-order valence-corrected chi connectivity index (χ3v) is 5.31. The maximum absolute atomic E-state index is 13.4. The van der Waals surface area contributed by atoms with E-state index in [4.69, 9.17) is 9.74 Å². The summed E-state index contributed by atoms with van der Waals surface area (Å²) in [6.45, 7) is 2.10. The minimum absolute atomic E-state index is 0.0211. The van der Waals surface area contributed by atoms with Gasteiger partial charge in [0.1, 0.15) is 5.82 Å². The molecule has 0 amide bonds. The summed E-state index contributed by atoms with van der Waals surface area (Å²) in [5.74, 6) is -1.32. The highest BCUT2D eigenvalue weighted by Crippen LogP contribution is 2.28. The van der Waals surface area contributed by atoms with Gasteiger partial charge in [-0.1, -0.05) is 11.8 Å². The molecule has 13 heteroatoms. The number of benzene rings is 1. The van der Waals surface area contributed by atoms with Crippen molar-refractivity contribution in [3.8, 4) is 0 Å². The van der Waals surface area contributed by atoms with Gasteiger partial charge in [-0.3, -0.25) is 15.5 Å². The van der Waals surface area contributed by atoms with Crippen LogP contribution < -0.4 is 5.48 Å². The lowest BCUT2D eigenvalue weighted by Crippen LogP contribution is -2.48. The largest absolute Gasteiger partial charge is 0.481 e. The number of nitrogens with one attached hydrogen (secondary N) is 1. The van der Waals surface area contributed by atoms with Gasteiger partial charge in [-0.15, -0.1) is 0 Å². The minimum Gasteiger partial charge on any atom is -0.481 e. The van der Waals surface area contributed by atoms with Gasteiger partial charge in [0.2, 0.25) is 0 Å². The zero-order chi connectivity index (χ0) is 21.7. The van der Waals surface area contributed by atoms with Crippen molar-refractivity contribution in [3.05, 3.63) is 35.3 Å². The van der Waals surface area contributed by atoms with Crippen molar-refractivity contribution in [1.82, 2.24) is 20.7 Å². The fourth-order valence-corrected chi connectivity index (χ4v) is 3.85. The molecule has 3 N–H and O–H groups in total. The van der Waals surface area contributed by atoms with Gasteiger partial charge in [-0.05, 0) is 34.4 Å². The Hall–Kier alpha value is -2.64. The first kappa shape index (κ1) is 22.1. The Morgan fingerprint density at radius 2 is 2.17 bits per heavy atom. The number of hydrogen-bond acceptors (Lipinski definition) is 8. The van der Waals surface area contributed by atoms with Crippen molar-refractivity contribution < 1.29 is 32.9 Å². The number of halogens is 3. The fraction of sp³-hybridized carbons (Fsp3) is 0.412. The number of aromatic nitrogens is 2. The van der Waals surface area contributed by atoms with Crippen molar-refractivity contribution in [2.45, 2.75) is 17.9 Å². The number of aliphatic imine (C=N–C) groups is 1. The van der Waals surface area contributed by atoms with Crippen LogP contribution in [0.2, 0.25) is 0 Å². The number of hydrogen-bond donors (Lipinski definition) is 3. The summed E-state index contributed by atoms with van der Waals surface area (Å²) in [6, 6.07) is 2.90. The molecular weight excluding hydrogens is 427 g/mol. The van der Waals surface area contributed by atoms with E-state index in [2.05, 4.69) is 20.2 Å². The summed E-state index contributed by atoms with van der Waals surface area (Å²) in [4.78, 5) is 16.7. The van der Waals surface area contributed by atoms with Gasteiger partial charge in [0, 0.05) is 25.4 Å². The lowest BCUT2D eigenvalue weighted by molar-refractivity contribution is -0.139. The highest BCUT2D eigenvalue weighted by Gasteiger charge is 2.28. The van der Waals surface area contributed by atoms with Crippen LogP contribution in [-0.2, 0) is 4.79 Å². The molecule has 162 valence electrons. The maximum atomic E-state index is 13.4. The van der Waals surface area contributed by atoms with Crippen LogP contribution in [0.4, 0.5) is 18.9 Å². The summed E-state index contributed by atoms with van der Waals surface area (Å²) in [6.07, 6.45) is -2.86. The van der Waals surface area contributed by atoms with Crippen LogP contribution in [0.15, 0.2) is 32.8 Å². The molecule has 1 aromatic carbocycles. The normalized spacial score (nSPS) is 15.4. The average Bonchev–Trinajstić information content (AvgIpc) is 3.13. The Bertz CT molecular complexity index is 921. The van der Waals surface area contributed by atoms with E-state index in [1.807, 2.05) is 5.48 Å². The zero-order valence-corrected chi connectivity index (χ0v) is 16.3. The van der Waals surface area contributed by atoms with Gasteiger partial charge in [-0.2, -0.15) is 0 Å². The van der Waals surface area contributed by atoms with Crippen LogP contribution >= 0.6 is 11.8 Å². The highest BCUT2D eigenvalue weighted by atomic mass is 32.2. The van der Waals surface area contributed by atoms with Crippen LogP contribution in [0.5, 0.6) is 0 Å². The van der Waals surface area contributed by atoms with Crippen LogP contribution in [0, 0.1) is 11.7 Å². The van der Waals surface area contributed by atoms with Crippen molar-refractivity contribution in [3.63, 3.8) is 0 Å². The first-order valence-electron chi connectivity index (χ1n) is 8.83. The summed E-state index contributed by atoms with van der Waals surface area (Å²) in [7, 11) is 0. The van der Waals surface area contributed by atoms with Crippen molar-refractivity contribution in [2.24, 2.45) is 10.9 Å². The lowest BCUT2D eigenvalue weighted by atomic mass is 9.97. The lowest BCUT2D eigenvalue weighted by Gasteiger charge is -2.38. The number of hydroxylamine groups is 1. The van der Waals surface area contributed by atoms with Crippen LogP contribution in [-0.4, -0.2) is 62.7 Å². The monoisotopic (exact) mass is 445 g/mol. The molecule has 1 saturated heterocycles. The maximum Gasteiger partial charge on any atom is 0.303 e. The van der Waals surface area contributed by atoms with Gasteiger partial charge in [0.25, 0.3) is 6.43 Å². The van der Waals surface area contributed by atoms with Gasteiger partial charge in [0.15, 0.2) is 16.6 Å². The minimum atomic E-state index is -3.01. The molecule has 3 rings (SSSR count). The second-order valence-electron chi connectivity index (χ2n) is 6.57. The first-order chi connectivity index (χ1) is 14.4. The third kappa shape index (κ3) is 5.49. The fourth-order valence-electron chi connectivity index (χ4n) is 2.95. The van der Waals surface area contributed by atoms with Crippen LogP contribution in [0.25, 0.3) is 0 Å². The topological polar surface area (TPSA) is 124 Å². The van der Waals surface area contributed by atoms with E-state index in [1.165, 1.54) is 17.8 Å². The molecule has 0 unspecified atom stereocenters. The van der Waals surface area contributed by atoms with Crippen molar-refractivity contribution in [1.29, 1.82) is 0 Å². The molecule has 1 aromatic heterocycles. The number of aliphatic carboxylic acids is 1. The Balaban J connectivity index is 1.62. The average molecular weight is 445 g/mol. The molecule has 0 radical (unpaired) electrons. The van der Waals surface area contributed by atoms with E-state index < -0.39 is 23.8 Å². The number of alkyl halides is 2. The van der Waals surface area contributed by atoms with E-state index in [9.17, 15) is 23.2 Å². The summed E-state index contributed by atoms with van der Waals surface area (Å²) < 4.78 is 43.9. The highest BCUT2D eigenvalue weighted by molar-refractivity contribution is 7.99. The Morgan fingerprint density at radius 3 is 2.83 bits per heavy atom. The molecule has 2 heterocycles. The predicted octanol–water partition coefficient (Wildman–Crippen LogP) is 2.70. The number of likely N-dealkylation sites (tertiary alicyclic amines) is 1. The van der Waals surface area contributed by atoms with Crippen molar-refractivity contribution >= 4 is 29.3 Å². The Morgan fingerprint density at radius 1 is 1.40 bits per heavy atom. The smallest absolute Gasteiger partial charge is 0.303 e. The zero-order valence-electron chi connectivity index (χ0n) is 15.5. The summed E-state index contributed by atoms with van der Waals surface area (Å²) in [5.41, 5.74) is 1.07. The van der Waals surface area contributed by atoms with Gasteiger partial charge < -0.3 is 10.0 Å². The van der Waals surface area contributed by atoms with Crippen LogP contribution in [0.1, 0.15) is 24.1 Å². The summed E-state index contributed by atoms with van der Waals surface area (Å²) >= 11 is 1.27. The number of nitrogens with zero attached hydrogens (tertiary/aromatic N) is 4. The molecule has 0 spiro atoms. The molecule has 9 nitrogen and oxygen atoms in total. The Kier molecular flexibility index (Phi) is 7.29. The molecule has 0 bridgehead atoms. The first-order valence-corrected chi connectivity index (χ1v) is 9.82. The number of thioether (sulfide) groups is 1. The van der Waals surface area contributed by atoms with E-state index in [0.717, 1.165) is 12.1 Å². The van der Waals surface area contributed by atoms with E-state index in [-0.39, 0.29) is 29.6 Å². The molecule has 1 fully saturated rings. The van der Waals surface area contributed by atoms with Gasteiger partial charge in [-0.25, -0.2) is 22.8 Å².